The zero-order valence-corrected chi connectivity index (χ0v) is 17.4. The van der Waals surface area contributed by atoms with Crippen LogP contribution in [-0.2, 0) is 4.79 Å². The van der Waals surface area contributed by atoms with E-state index in [1.165, 1.54) is 0 Å². The number of carbonyl (C=O) groups is 1. The van der Waals surface area contributed by atoms with Gasteiger partial charge in [-0.25, -0.2) is 4.98 Å². The van der Waals surface area contributed by atoms with Gasteiger partial charge in [0.15, 0.2) is 0 Å². The summed E-state index contributed by atoms with van der Waals surface area (Å²) in [6.07, 6.45) is 7.11. The van der Waals surface area contributed by atoms with E-state index in [2.05, 4.69) is 28.6 Å². The fourth-order valence-electron chi connectivity index (χ4n) is 4.38. The predicted octanol–water partition coefficient (Wildman–Crippen LogP) is 3.83. The summed E-state index contributed by atoms with van der Waals surface area (Å²) in [5.41, 5.74) is 0.939. The first-order valence-electron chi connectivity index (χ1n) is 10.8. The topological polar surface area (TPSA) is 58.8 Å². The molecule has 0 radical (unpaired) electrons. The van der Waals surface area contributed by atoms with Gasteiger partial charge in [-0.1, -0.05) is 0 Å². The lowest BCUT2D eigenvalue weighted by Gasteiger charge is -2.39. The van der Waals surface area contributed by atoms with Crippen molar-refractivity contribution in [2.24, 2.45) is 5.92 Å². The van der Waals surface area contributed by atoms with Gasteiger partial charge in [-0.2, -0.15) is 0 Å². The molecule has 1 aliphatic heterocycles. The molecule has 2 aromatic rings. The molecule has 1 amide bonds. The van der Waals surface area contributed by atoms with Crippen molar-refractivity contribution < 1.29 is 13.9 Å². The van der Waals surface area contributed by atoms with E-state index in [1.54, 1.807) is 12.5 Å². The van der Waals surface area contributed by atoms with Crippen molar-refractivity contribution in [2.45, 2.75) is 51.7 Å². The molecule has 1 saturated heterocycles. The largest absolute Gasteiger partial charge is 0.490 e. The molecule has 0 spiro atoms. The predicted molar refractivity (Wildman–Crippen MR) is 112 cm³/mol. The molecule has 6 nitrogen and oxygen atoms in total. The molecule has 6 heteroatoms. The molecule has 0 bridgehead atoms. The van der Waals surface area contributed by atoms with E-state index in [0.717, 1.165) is 63.2 Å². The highest BCUT2D eigenvalue weighted by atomic mass is 16.5. The number of oxazole rings is 1. The number of carbonyl (C=O) groups excluding carboxylic acids is 1. The van der Waals surface area contributed by atoms with Gasteiger partial charge >= 0.3 is 0 Å². The Morgan fingerprint density at radius 1 is 1.07 bits per heavy atom. The average Bonchev–Trinajstić information content (AvgIpc) is 3.29. The molecule has 1 saturated carbocycles. The van der Waals surface area contributed by atoms with Crippen LogP contribution in [-0.4, -0.2) is 59.0 Å². The van der Waals surface area contributed by atoms with Crippen molar-refractivity contribution in [1.82, 2.24) is 14.8 Å². The fraction of sp³-hybridized carbons (Fsp3) is 0.565. The number of rotatable bonds is 5. The Kier molecular flexibility index (Phi) is 6.19. The number of hydrogen-bond acceptors (Lipinski definition) is 5. The number of hydrogen-bond donors (Lipinski definition) is 0. The number of benzene rings is 1. The van der Waals surface area contributed by atoms with Gasteiger partial charge in [-0.05, 0) is 63.8 Å². The second-order valence-electron chi connectivity index (χ2n) is 8.41. The Balaban J connectivity index is 1.24. The molecule has 0 N–H and O–H groups in total. The minimum atomic E-state index is 0.160. The second kappa shape index (κ2) is 8.99. The fourth-order valence-corrected chi connectivity index (χ4v) is 4.38. The van der Waals surface area contributed by atoms with Crippen LogP contribution < -0.4 is 4.74 Å². The maximum absolute atomic E-state index is 12.9. The van der Waals surface area contributed by atoms with Gasteiger partial charge in [0.05, 0.1) is 12.3 Å². The van der Waals surface area contributed by atoms with E-state index in [-0.39, 0.29) is 12.0 Å². The molecule has 2 fully saturated rings. The smallest absolute Gasteiger partial charge is 0.225 e. The van der Waals surface area contributed by atoms with Gasteiger partial charge in [-0.15, -0.1) is 0 Å². The van der Waals surface area contributed by atoms with Crippen LogP contribution in [0.2, 0.25) is 0 Å². The van der Waals surface area contributed by atoms with Crippen LogP contribution in [0.4, 0.5) is 0 Å². The van der Waals surface area contributed by atoms with Gasteiger partial charge in [0.2, 0.25) is 11.8 Å². The van der Waals surface area contributed by atoms with E-state index < -0.39 is 0 Å². The van der Waals surface area contributed by atoms with Crippen molar-refractivity contribution in [2.75, 3.05) is 26.2 Å². The summed E-state index contributed by atoms with van der Waals surface area (Å²) in [4.78, 5) is 21.6. The summed E-state index contributed by atoms with van der Waals surface area (Å²) in [5.74, 6) is 1.99. The third kappa shape index (κ3) is 4.81. The highest BCUT2D eigenvalue weighted by Crippen LogP contribution is 2.30. The van der Waals surface area contributed by atoms with Crippen LogP contribution >= 0.6 is 0 Å². The average molecular weight is 398 g/mol. The van der Waals surface area contributed by atoms with E-state index >= 15 is 0 Å². The Morgan fingerprint density at radius 3 is 2.34 bits per heavy atom. The zero-order valence-electron chi connectivity index (χ0n) is 17.4. The Bertz CT molecular complexity index is 772. The number of aromatic nitrogens is 1. The number of nitrogens with zero attached hydrogens (tertiary/aromatic N) is 3. The summed E-state index contributed by atoms with van der Waals surface area (Å²) >= 11 is 0. The summed E-state index contributed by atoms with van der Waals surface area (Å²) in [6.45, 7) is 8.16. The summed E-state index contributed by atoms with van der Waals surface area (Å²) < 4.78 is 11.5. The van der Waals surface area contributed by atoms with Gasteiger partial charge in [0.25, 0.3) is 0 Å². The van der Waals surface area contributed by atoms with Gasteiger partial charge in [-0.3, -0.25) is 9.69 Å². The minimum absolute atomic E-state index is 0.160. The molecule has 1 aromatic carbocycles. The van der Waals surface area contributed by atoms with E-state index in [1.807, 2.05) is 24.3 Å². The monoisotopic (exact) mass is 397 g/mol. The standard InChI is InChI=1S/C23H31N3O3/c1-17(2)25-12-14-26(15-13-25)23(27)19-5-9-21(10-6-19)29-20-7-3-18(4-8-20)22-24-11-16-28-22/h3-4,7-8,11,16-17,19,21H,5-6,9-10,12-15H2,1-2H3/t19-,21-. The first-order chi connectivity index (χ1) is 14.1. The second-order valence-corrected chi connectivity index (χ2v) is 8.41. The number of ether oxygens (including phenoxy) is 1. The molecule has 4 rings (SSSR count). The first kappa shape index (κ1) is 20.0. The zero-order chi connectivity index (χ0) is 20.2. The lowest BCUT2D eigenvalue weighted by atomic mass is 9.86. The Labute approximate surface area is 172 Å². The molecule has 156 valence electrons. The number of amides is 1. The molecule has 1 aliphatic carbocycles. The third-order valence-corrected chi connectivity index (χ3v) is 6.22. The van der Waals surface area contributed by atoms with E-state index in [0.29, 0.717) is 17.8 Å². The molecule has 0 unspecified atom stereocenters. The maximum atomic E-state index is 12.9. The van der Waals surface area contributed by atoms with Crippen molar-refractivity contribution in [3.63, 3.8) is 0 Å². The van der Waals surface area contributed by atoms with Crippen LogP contribution in [0.5, 0.6) is 5.75 Å². The highest BCUT2D eigenvalue weighted by molar-refractivity contribution is 5.79. The lowest BCUT2D eigenvalue weighted by Crippen LogP contribution is -2.52. The highest BCUT2D eigenvalue weighted by Gasteiger charge is 2.32. The van der Waals surface area contributed by atoms with Crippen molar-refractivity contribution in [3.05, 3.63) is 36.7 Å². The Hall–Kier alpha value is -2.34. The van der Waals surface area contributed by atoms with Crippen molar-refractivity contribution in [3.8, 4) is 17.2 Å². The summed E-state index contributed by atoms with van der Waals surface area (Å²) in [6, 6.07) is 8.42. The SMILES string of the molecule is CC(C)N1CCN(C(=O)[C@H]2CC[C@H](Oc3ccc(-c4ncco4)cc3)CC2)CC1. The van der Waals surface area contributed by atoms with E-state index in [9.17, 15) is 4.79 Å². The summed E-state index contributed by atoms with van der Waals surface area (Å²) in [7, 11) is 0. The van der Waals surface area contributed by atoms with Gasteiger partial charge < -0.3 is 14.1 Å². The Morgan fingerprint density at radius 2 is 1.76 bits per heavy atom. The first-order valence-corrected chi connectivity index (χ1v) is 10.8. The quantitative estimate of drug-likeness (QED) is 0.767. The van der Waals surface area contributed by atoms with Gasteiger partial charge in [0, 0.05) is 43.7 Å². The summed E-state index contributed by atoms with van der Waals surface area (Å²) in [5, 5.41) is 0. The van der Waals surface area contributed by atoms with Crippen molar-refractivity contribution in [1.29, 1.82) is 0 Å². The van der Waals surface area contributed by atoms with Crippen LogP contribution in [0.25, 0.3) is 11.5 Å². The van der Waals surface area contributed by atoms with Crippen LogP contribution in [0.15, 0.2) is 41.1 Å². The van der Waals surface area contributed by atoms with Gasteiger partial charge in [0.1, 0.15) is 12.0 Å². The van der Waals surface area contributed by atoms with Crippen molar-refractivity contribution >= 4 is 5.91 Å². The third-order valence-electron chi connectivity index (χ3n) is 6.22. The molecule has 1 aromatic heterocycles. The molecule has 29 heavy (non-hydrogen) atoms. The lowest BCUT2D eigenvalue weighted by molar-refractivity contribution is -0.139. The van der Waals surface area contributed by atoms with Crippen LogP contribution in [0, 0.1) is 5.92 Å². The molecular weight excluding hydrogens is 366 g/mol. The molecule has 0 atom stereocenters. The van der Waals surface area contributed by atoms with E-state index in [4.69, 9.17) is 9.15 Å². The molecular formula is C23H31N3O3. The number of piperazine rings is 1. The molecule has 2 heterocycles. The van der Waals surface area contributed by atoms with Crippen LogP contribution in [0.3, 0.4) is 0 Å². The molecule has 2 aliphatic rings. The maximum Gasteiger partial charge on any atom is 0.225 e. The van der Waals surface area contributed by atoms with Crippen LogP contribution in [0.1, 0.15) is 39.5 Å². The normalized spacial score (nSPS) is 23.3. The minimum Gasteiger partial charge on any atom is -0.490 e.